The zero-order chi connectivity index (χ0) is 33.4. The number of para-hydroxylation sites is 6. The summed E-state index contributed by atoms with van der Waals surface area (Å²) in [6.45, 7) is 4.62. The predicted octanol–water partition coefficient (Wildman–Crippen LogP) is 10.9. The number of aromatic nitrogens is 4. The van der Waals surface area contributed by atoms with Crippen molar-refractivity contribution in [2.75, 3.05) is 14.7 Å². The van der Waals surface area contributed by atoms with Gasteiger partial charge in [-0.25, -0.2) is 19.9 Å². The highest BCUT2D eigenvalue weighted by molar-refractivity contribution is 6.02. The van der Waals surface area contributed by atoms with E-state index in [4.69, 9.17) is 19.9 Å². The van der Waals surface area contributed by atoms with Gasteiger partial charge in [0.1, 0.15) is 0 Å². The normalized spacial score (nSPS) is 14.2. The van der Waals surface area contributed by atoms with Gasteiger partial charge in [-0.05, 0) is 65.7 Å². The third-order valence-electron chi connectivity index (χ3n) is 10.1. The van der Waals surface area contributed by atoms with E-state index in [0.29, 0.717) is 11.9 Å². The summed E-state index contributed by atoms with van der Waals surface area (Å²) >= 11 is 0. The van der Waals surface area contributed by atoms with Crippen molar-refractivity contribution >= 4 is 73.5 Å². The molecule has 0 fully saturated rings. The van der Waals surface area contributed by atoms with Crippen LogP contribution in [0.3, 0.4) is 0 Å². The molecule has 0 bridgehead atoms. The van der Waals surface area contributed by atoms with Crippen molar-refractivity contribution in [2.45, 2.75) is 19.3 Å². The van der Waals surface area contributed by atoms with E-state index in [-0.39, 0.29) is 5.41 Å². The van der Waals surface area contributed by atoms with Crippen LogP contribution in [0.2, 0.25) is 0 Å². The van der Waals surface area contributed by atoms with Crippen LogP contribution in [0.5, 0.6) is 0 Å². The van der Waals surface area contributed by atoms with E-state index in [0.717, 1.165) is 61.6 Å². The molecule has 6 aromatic carbocycles. The first-order valence-electron chi connectivity index (χ1n) is 16.8. The Kier molecular flexibility index (Phi) is 6.08. The molecule has 0 radical (unpaired) electrons. The van der Waals surface area contributed by atoms with E-state index in [1.165, 1.54) is 11.1 Å². The molecule has 0 unspecified atom stereocenters. The van der Waals surface area contributed by atoms with E-state index in [1.54, 1.807) is 0 Å². The first-order valence-corrected chi connectivity index (χ1v) is 16.8. The summed E-state index contributed by atoms with van der Waals surface area (Å²) in [6.07, 6.45) is 3.80. The SMILES string of the molecule is CC1(C)c2ccccc2N(c2ccc3c(c2)N(c2ncc4ccccc4n2)c2ccccc2N3c2ncc3ccccc3n2)c2ccccc21. The Labute approximate surface area is 289 Å². The molecule has 4 heterocycles. The van der Waals surface area contributed by atoms with Crippen LogP contribution in [-0.4, -0.2) is 19.9 Å². The van der Waals surface area contributed by atoms with Crippen LogP contribution >= 0.6 is 0 Å². The molecule has 0 amide bonds. The summed E-state index contributed by atoms with van der Waals surface area (Å²) in [4.78, 5) is 26.8. The highest BCUT2D eigenvalue weighted by atomic mass is 15.4. The Morgan fingerprint density at radius 1 is 0.420 bits per heavy atom. The van der Waals surface area contributed by atoms with Crippen molar-refractivity contribution < 1.29 is 0 Å². The van der Waals surface area contributed by atoms with Crippen LogP contribution in [0.25, 0.3) is 21.8 Å². The van der Waals surface area contributed by atoms with Gasteiger partial charge >= 0.3 is 0 Å². The lowest BCUT2D eigenvalue weighted by Crippen LogP contribution is -2.31. The minimum atomic E-state index is -0.161. The molecule has 2 aromatic heterocycles. The van der Waals surface area contributed by atoms with Crippen LogP contribution in [0.4, 0.5) is 51.7 Å². The third-order valence-corrected chi connectivity index (χ3v) is 10.1. The van der Waals surface area contributed by atoms with Gasteiger partial charge in [0.2, 0.25) is 11.9 Å². The Morgan fingerprint density at radius 2 is 0.860 bits per heavy atom. The average Bonchev–Trinajstić information content (AvgIpc) is 3.16. The van der Waals surface area contributed by atoms with Gasteiger partial charge in [-0.15, -0.1) is 0 Å². The van der Waals surface area contributed by atoms with Gasteiger partial charge in [0, 0.05) is 34.3 Å². The lowest BCUT2D eigenvalue weighted by molar-refractivity contribution is 0.632. The molecule has 0 N–H and O–H groups in total. The molecule has 0 saturated heterocycles. The molecule has 8 aromatic rings. The number of anilines is 9. The monoisotopic (exact) mass is 645 g/mol. The first kappa shape index (κ1) is 28.4. The van der Waals surface area contributed by atoms with Gasteiger partial charge < -0.3 is 4.90 Å². The maximum atomic E-state index is 5.12. The minimum Gasteiger partial charge on any atom is -0.310 e. The van der Waals surface area contributed by atoms with Crippen molar-refractivity contribution in [2.24, 2.45) is 0 Å². The van der Waals surface area contributed by atoms with Crippen molar-refractivity contribution in [1.82, 2.24) is 19.9 Å². The molecule has 0 saturated carbocycles. The highest BCUT2D eigenvalue weighted by Crippen LogP contribution is 2.56. The molecule has 2 aliphatic heterocycles. The molecule has 10 rings (SSSR count). The van der Waals surface area contributed by atoms with Gasteiger partial charge in [0.25, 0.3) is 0 Å². The van der Waals surface area contributed by atoms with Gasteiger partial charge in [-0.3, -0.25) is 9.80 Å². The number of fused-ring (bicyclic) bond motifs is 6. The standard InChI is InChI=1S/C43H31N7/c1-43(2)31-15-5-9-19-35(31)48(36-20-10-6-16-32(36)43)30-23-24-39-40(25-30)50(42-45-27-29-14-4-8-18-34(29)47-42)38-22-12-11-21-37(38)49(39)41-44-26-28-13-3-7-17-33(28)46-41/h3-27H,1-2H3. The Hall–Kier alpha value is -6.60. The third kappa shape index (κ3) is 4.16. The Bertz CT molecular complexity index is 2580. The molecule has 50 heavy (non-hydrogen) atoms. The predicted molar refractivity (Wildman–Crippen MR) is 202 cm³/mol. The zero-order valence-electron chi connectivity index (χ0n) is 27.6. The summed E-state index contributed by atoms with van der Waals surface area (Å²) in [5, 5.41) is 1.99. The number of hydrogen-bond acceptors (Lipinski definition) is 7. The van der Waals surface area contributed by atoms with E-state index in [9.17, 15) is 0 Å². The molecule has 0 spiro atoms. The van der Waals surface area contributed by atoms with Crippen molar-refractivity contribution in [3.8, 4) is 0 Å². The topological polar surface area (TPSA) is 61.3 Å². The number of benzene rings is 6. The number of nitrogens with zero attached hydrogens (tertiary/aromatic N) is 7. The lowest BCUT2D eigenvalue weighted by atomic mass is 9.73. The quantitative estimate of drug-likeness (QED) is 0.189. The second kappa shape index (κ2) is 10.7. The van der Waals surface area contributed by atoms with Gasteiger partial charge in [-0.1, -0.05) is 98.8 Å². The second-order valence-electron chi connectivity index (χ2n) is 13.3. The second-order valence-corrected chi connectivity index (χ2v) is 13.3. The largest absolute Gasteiger partial charge is 0.310 e. The van der Waals surface area contributed by atoms with Crippen molar-refractivity contribution in [1.29, 1.82) is 0 Å². The summed E-state index contributed by atoms with van der Waals surface area (Å²) in [6, 6.07) is 48.6. The van der Waals surface area contributed by atoms with Crippen molar-refractivity contribution in [3.05, 3.63) is 163 Å². The van der Waals surface area contributed by atoms with Gasteiger partial charge in [-0.2, -0.15) is 0 Å². The summed E-state index contributed by atoms with van der Waals surface area (Å²) < 4.78 is 0. The molecule has 238 valence electrons. The molecule has 0 atom stereocenters. The molecule has 0 aliphatic carbocycles. The highest BCUT2D eigenvalue weighted by Gasteiger charge is 2.38. The van der Waals surface area contributed by atoms with E-state index in [2.05, 4.69) is 120 Å². The minimum absolute atomic E-state index is 0.161. The fraction of sp³-hybridized carbons (Fsp3) is 0.0698. The molecule has 2 aliphatic rings. The van der Waals surface area contributed by atoms with Crippen LogP contribution in [0.15, 0.2) is 152 Å². The Morgan fingerprint density at radius 3 is 1.42 bits per heavy atom. The zero-order valence-corrected chi connectivity index (χ0v) is 27.6. The van der Waals surface area contributed by atoms with E-state index < -0.39 is 0 Å². The maximum Gasteiger partial charge on any atom is 0.235 e. The number of hydrogen-bond donors (Lipinski definition) is 0. The van der Waals surface area contributed by atoms with Gasteiger partial charge in [0.05, 0.1) is 45.2 Å². The summed E-state index contributed by atoms with van der Waals surface area (Å²) in [7, 11) is 0. The van der Waals surface area contributed by atoms with Crippen LogP contribution in [0, 0.1) is 0 Å². The van der Waals surface area contributed by atoms with Crippen LogP contribution in [-0.2, 0) is 5.41 Å². The van der Waals surface area contributed by atoms with E-state index >= 15 is 0 Å². The smallest absolute Gasteiger partial charge is 0.235 e. The molecule has 7 nitrogen and oxygen atoms in total. The van der Waals surface area contributed by atoms with Gasteiger partial charge in [0.15, 0.2) is 0 Å². The summed E-state index contributed by atoms with van der Waals surface area (Å²) in [5.41, 5.74) is 11.3. The molecular formula is C43H31N7. The van der Waals surface area contributed by atoms with E-state index in [1.807, 2.05) is 60.9 Å². The maximum absolute atomic E-state index is 5.12. The fourth-order valence-corrected chi connectivity index (χ4v) is 7.64. The average molecular weight is 646 g/mol. The van der Waals surface area contributed by atoms with Crippen LogP contribution in [0.1, 0.15) is 25.0 Å². The first-order chi connectivity index (χ1) is 24.6. The Balaban J connectivity index is 1.24. The lowest BCUT2D eigenvalue weighted by Gasteiger charge is -2.43. The summed E-state index contributed by atoms with van der Waals surface area (Å²) in [5.74, 6) is 1.19. The van der Waals surface area contributed by atoms with Crippen molar-refractivity contribution in [3.63, 3.8) is 0 Å². The molecule has 7 heteroatoms. The number of rotatable bonds is 3. The van der Waals surface area contributed by atoms with Crippen LogP contribution < -0.4 is 14.7 Å². The fourth-order valence-electron chi connectivity index (χ4n) is 7.64. The molecular weight excluding hydrogens is 615 g/mol.